The number of thiocarbonyl (C=S) groups is 1. The summed E-state index contributed by atoms with van der Waals surface area (Å²) in [5, 5.41) is 8.18. The first-order valence-electron chi connectivity index (χ1n) is 9.69. The van der Waals surface area contributed by atoms with E-state index in [4.69, 9.17) is 21.7 Å². The molecule has 5 nitrogen and oxygen atoms in total. The number of hydrazone groups is 1. The zero-order chi connectivity index (χ0) is 19.6. The van der Waals surface area contributed by atoms with Gasteiger partial charge in [-0.05, 0) is 42.8 Å². The summed E-state index contributed by atoms with van der Waals surface area (Å²) in [7, 11) is 1.63. The van der Waals surface area contributed by atoms with E-state index in [2.05, 4.69) is 15.8 Å². The van der Waals surface area contributed by atoms with E-state index in [0.29, 0.717) is 29.3 Å². The number of nitrogens with one attached hydrogen (secondary N) is 2. The van der Waals surface area contributed by atoms with Gasteiger partial charge in [0.25, 0.3) is 0 Å². The summed E-state index contributed by atoms with van der Waals surface area (Å²) in [6.07, 6.45) is 7.87. The molecule has 2 aromatic carbocycles. The molecule has 6 heteroatoms. The van der Waals surface area contributed by atoms with Gasteiger partial charge in [-0.2, -0.15) is 5.10 Å². The van der Waals surface area contributed by atoms with Crippen LogP contribution >= 0.6 is 12.2 Å². The lowest BCUT2D eigenvalue weighted by Crippen LogP contribution is -2.40. The van der Waals surface area contributed by atoms with Gasteiger partial charge >= 0.3 is 0 Å². The van der Waals surface area contributed by atoms with E-state index in [1.54, 1.807) is 13.3 Å². The molecule has 1 fully saturated rings. The van der Waals surface area contributed by atoms with E-state index >= 15 is 0 Å². The van der Waals surface area contributed by atoms with Crippen LogP contribution in [0.2, 0.25) is 0 Å². The molecule has 0 aromatic heterocycles. The predicted molar refractivity (Wildman–Crippen MR) is 117 cm³/mol. The SMILES string of the molecule is COc1cccc(/C=N\NC(=S)NC2CCCCC2)c1OCc1ccccc1. The van der Waals surface area contributed by atoms with Crippen molar-refractivity contribution < 1.29 is 9.47 Å². The summed E-state index contributed by atoms with van der Waals surface area (Å²) >= 11 is 5.35. The standard InChI is InChI=1S/C22H27N3O2S/c1-26-20-14-8-11-18(21(20)27-16-17-9-4-2-5-10-17)15-23-25-22(28)24-19-12-6-3-7-13-19/h2,4-5,8-11,14-15,19H,3,6-7,12-13,16H2,1H3,(H2,24,25,28)/b23-15-. The van der Waals surface area contributed by atoms with Crippen molar-refractivity contribution in [2.75, 3.05) is 7.11 Å². The highest BCUT2D eigenvalue weighted by Crippen LogP contribution is 2.30. The number of nitrogens with zero attached hydrogens (tertiary/aromatic N) is 1. The Bertz CT molecular complexity index is 790. The van der Waals surface area contributed by atoms with Gasteiger partial charge in [-0.25, -0.2) is 0 Å². The largest absolute Gasteiger partial charge is 0.493 e. The van der Waals surface area contributed by atoms with Gasteiger partial charge < -0.3 is 14.8 Å². The van der Waals surface area contributed by atoms with Gasteiger partial charge in [-0.3, -0.25) is 5.43 Å². The lowest BCUT2D eigenvalue weighted by molar-refractivity contribution is 0.284. The van der Waals surface area contributed by atoms with E-state index in [-0.39, 0.29) is 0 Å². The number of ether oxygens (including phenoxy) is 2. The molecule has 28 heavy (non-hydrogen) atoms. The minimum atomic E-state index is 0.450. The molecule has 0 saturated heterocycles. The quantitative estimate of drug-likeness (QED) is 0.412. The fourth-order valence-electron chi connectivity index (χ4n) is 3.30. The second-order valence-electron chi connectivity index (χ2n) is 6.83. The molecule has 1 aliphatic rings. The van der Waals surface area contributed by atoms with E-state index < -0.39 is 0 Å². The zero-order valence-corrected chi connectivity index (χ0v) is 17.0. The van der Waals surface area contributed by atoms with Crippen molar-refractivity contribution in [3.8, 4) is 11.5 Å². The number of hydrogen-bond acceptors (Lipinski definition) is 4. The predicted octanol–water partition coefficient (Wildman–Crippen LogP) is 4.40. The molecule has 2 N–H and O–H groups in total. The molecule has 1 aliphatic carbocycles. The van der Waals surface area contributed by atoms with Gasteiger partial charge in [-0.1, -0.05) is 55.7 Å². The van der Waals surface area contributed by atoms with Crippen molar-refractivity contribution in [3.05, 3.63) is 59.7 Å². The highest BCUT2D eigenvalue weighted by Gasteiger charge is 2.14. The molecular formula is C22H27N3O2S. The van der Waals surface area contributed by atoms with Gasteiger partial charge in [0.15, 0.2) is 16.6 Å². The van der Waals surface area contributed by atoms with Crippen LogP contribution in [0.3, 0.4) is 0 Å². The molecule has 0 unspecified atom stereocenters. The first-order valence-corrected chi connectivity index (χ1v) is 10.1. The Morgan fingerprint density at radius 1 is 1.11 bits per heavy atom. The number of rotatable bonds is 7. The summed E-state index contributed by atoms with van der Waals surface area (Å²) in [6, 6.07) is 16.2. The maximum Gasteiger partial charge on any atom is 0.187 e. The summed E-state index contributed by atoms with van der Waals surface area (Å²) < 4.78 is 11.5. The van der Waals surface area contributed by atoms with E-state index in [0.717, 1.165) is 11.1 Å². The molecule has 148 valence electrons. The van der Waals surface area contributed by atoms with Crippen molar-refractivity contribution in [1.82, 2.24) is 10.7 Å². The highest BCUT2D eigenvalue weighted by atomic mass is 32.1. The normalized spacial score (nSPS) is 14.6. The Labute approximate surface area is 172 Å². The minimum absolute atomic E-state index is 0.450. The average molecular weight is 398 g/mol. The van der Waals surface area contributed by atoms with Crippen LogP contribution in [0.1, 0.15) is 43.2 Å². The van der Waals surface area contributed by atoms with Crippen LogP contribution in [-0.2, 0) is 6.61 Å². The fourth-order valence-corrected chi connectivity index (χ4v) is 3.52. The molecule has 0 spiro atoms. The third-order valence-corrected chi connectivity index (χ3v) is 4.97. The van der Waals surface area contributed by atoms with Crippen LogP contribution in [0.5, 0.6) is 11.5 Å². The first-order chi connectivity index (χ1) is 13.8. The van der Waals surface area contributed by atoms with Crippen molar-refractivity contribution in [3.63, 3.8) is 0 Å². The molecule has 0 amide bonds. The lowest BCUT2D eigenvalue weighted by atomic mass is 9.96. The van der Waals surface area contributed by atoms with Crippen molar-refractivity contribution in [2.24, 2.45) is 5.10 Å². The highest BCUT2D eigenvalue weighted by molar-refractivity contribution is 7.80. The Hall–Kier alpha value is -2.60. The number of para-hydroxylation sites is 1. The summed E-state index contributed by atoms with van der Waals surface area (Å²) in [4.78, 5) is 0. The van der Waals surface area contributed by atoms with Crippen LogP contribution < -0.4 is 20.2 Å². The second kappa shape index (κ2) is 10.7. The average Bonchev–Trinajstić information content (AvgIpc) is 2.74. The van der Waals surface area contributed by atoms with E-state index in [1.807, 2.05) is 48.5 Å². The van der Waals surface area contributed by atoms with Crippen LogP contribution in [0.15, 0.2) is 53.6 Å². The maximum absolute atomic E-state index is 6.03. The summed E-state index contributed by atoms with van der Waals surface area (Å²) in [6.45, 7) is 0.455. The Kier molecular flexibility index (Phi) is 7.67. The van der Waals surface area contributed by atoms with Gasteiger partial charge in [0, 0.05) is 11.6 Å². The monoisotopic (exact) mass is 397 g/mol. The van der Waals surface area contributed by atoms with Crippen LogP contribution in [-0.4, -0.2) is 24.5 Å². The molecule has 2 aromatic rings. The molecule has 1 saturated carbocycles. The van der Waals surface area contributed by atoms with E-state index in [1.165, 1.54) is 32.1 Å². The summed E-state index contributed by atoms with van der Waals surface area (Å²) in [5.41, 5.74) is 4.82. The third-order valence-electron chi connectivity index (χ3n) is 4.77. The van der Waals surface area contributed by atoms with Gasteiger partial charge in [0.1, 0.15) is 6.61 Å². The zero-order valence-electron chi connectivity index (χ0n) is 16.2. The minimum Gasteiger partial charge on any atom is -0.493 e. The maximum atomic E-state index is 6.03. The third kappa shape index (κ3) is 5.96. The Morgan fingerprint density at radius 3 is 2.64 bits per heavy atom. The first kappa shape index (κ1) is 20.1. The fraction of sp³-hybridized carbons (Fsp3) is 0.364. The molecule has 0 atom stereocenters. The van der Waals surface area contributed by atoms with Crippen molar-refractivity contribution >= 4 is 23.5 Å². The number of benzene rings is 2. The molecule has 0 bridgehead atoms. The van der Waals surface area contributed by atoms with Crippen molar-refractivity contribution in [2.45, 2.75) is 44.8 Å². The van der Waals surface area contributed by atoms with Gasteiger partial charge in [0.05, 0.1) is 13.3 Å². The van der Waals surface area contributed by atoms with Crippen LogP contribution in [0, 0.1) is 0 Å². The van der Waals surface area contributed by atoms with Crippen LogP contribution in [0.25, 0.3) is 0 Å². The Morgan fingerprint density at radius 2 is 1.89 bits per heavy atom. The molecular weight excluding hydrogens is 370 g/mol. The smallest absolute Gasteiger partial charge is 0.187 e. The van der Waals surface area contributed by atoms with E-state index in [9.17, 15) is 0 Å². The second-order valence-corrected chi connectivity index (χ2v) is 7.24. The lowest BCUT2D eigenvalue weighted by Gasteiger charge is -2.23. The number of methoxy groups -OCH3 is 1. The van der Waals surface area contributed by atoms with Gasteiger partial charge in [-0.15, -0.1) is 0 Å². The van der Waals surface area contributed by atoms with Crippen LogP contribution in [0.4, 0.5) is 0 Å². The topological polar surface area (TPSA) is 54.9 Å². The number of hydrogen-bond donors (Lipinski definition) is 2. The molecule has 0 heterocycles. The molecule has 0 radical (unpaired) electrons. The van der Waals surface area contributed by atoms with Crippen molar-refractivity contribution in [1.29, 1.82) is 0 Å². The molecule has 0 aliphatic heterocycles. The summed E-state index contributed by atoms with van der Waals surface area (Å²) in [5.74, 6) is 1.33. The molecule has 3 rings (SSSR count). The van der Waals surface area contributed by atoms with Gasteiger partial charge in [0.2, 0.25) is 0 Å². The Balaban J connectivity index is 1.61.